The molecule has 0 saturated carbocycles. The molecule has 2 aliphatic rings. The summed E-state index contributed by atoms with van der Waals surface area (Å²) in [7, 11) is 1.68. The summed E-state index contributed by atoms with van der Waals surface area (Å²) in [5.41, 5.74) is 3.28. The Morgan fingerprint density at radius 1 is 1.18 bits per heavy atom. The fourth-order valence-electron chi connectivity index (χ4n) is 4.75. The highest BCUT2D eigenvalue weighted by molar-refractivity contribution is 5.94. The molecule has 5 rings (SSSR count). The summed E-state index contributed by atoms with van der Waals surface area (Å²) in [6.07, 6.45) is 4.77. The highest BCUT2D eigenvalue weighted by atomic mass is 16.5. The fraction of sp³-hybridized carbons (Fsp3) is 0.360. The molecule has 1 amide bonds. The Morgan fingerprint density at radius 3 is 2.82 bits per heavy atom. The van der Waals surface area contributed by atoms with Crippen molar-refractivity contribution in [3.05, 3.63) is 87.4 Å². The summed E-state index contributed by atoms with van der Waals surface area (Å²) in [5, 5.41) is 0. The average Bonchev–Trinajstić information content (AvgIpc) is 3.35. The standard InChI is InChI=1S/C25H27N5O3/c1-33-22-5-3-2-4-18(22)14-29-12-9-21-20(16-29)24(31)28-23(27-21)19-8-13-30(15-19)25(32)17-6-10-26-11-7-17/h2-7,10-11,19H,8-9,12-16H2,1H3,(H,27,28,31). The number of likely N-dealkylation sites (tertiary alicyclic amines) is 1. The lowest BCUT2D eigenvalue weighted by Crippen LogP contribution is -2.36. The maximum atomic E-state index is 13.0. The summed E-state index contributed by atoms with van der Waals surface area (Å²) < 4.78 is 5.47. The molecule has 2 aromatic heterocycles. The average molecular weight is 446 g/mol. The van der Waals surface area contributed by atoms with Gasteiger partial charge in [0, 0.05) is 68.6 Å². The molecule has 8 heteroatoms. The Kier molecular flexibility index (Phi) is 5.92. The van der Waals surface area contributed by atoms with Gasteiger partial charge in [0.15, 0.2) is 0 Å². The number of aromatic nitrogens is 3. The van der Waals surface area contributed by atoms with Gasteiger partial charge in [-0.25, -0.2) is 4.98 Å². The molecular formula is C25H27N5O3. The van der Waals surface area contributed by atoms with Crippen LogP contribution in [0, 0.1) is 0 Å². The van der Waals surface area contributed by atoms with Crippen LogP contribution in [0.5, 0.6) is 5.75 Å². The van der Waals surface area contributed by atoms with Gasteiger partial charge < -0.3 is 14.6 Å². The number of benzene rings is 1. The van der Waals surface area contributed by atoms with E-state index in [2.05, 4.69) is 20.9 Å². The van der Waals surface area contributed by atoms with Crippen LogP contribution in [-0.4, -0.2) is 57.4 Å². The largest absolute Gasteiger partial charge is 0.496 e. The van der Waals surface area contributed by atoms with Crippen LogP contribution in [0.4, 0.5) is 0 Å². The minimum absolute atomic E-state index is 0.00723. The highest BCUT2D eigenvalue weighted by Gasteiger charge is 2.31. The topological polar surface area (TPSA) is 91.4 Å². The quantitative estimate of drug-likeness (QED) is 0.648. The zero-order valence-electron chi connectivity index (χ0n) is 18.7. The van der Waals surface area contributed by atoms with Crippen LogP contribution in [0.1, 0.15) is 45.3 Å². The molecule has 2 aliphatic heterocycles. The van der Waals surface area contributed by atoms with Crippen molar-refractivity contribution in [2.45, 2.75) is 31.8 Å². The molecule has 1 atom stereocenters. The molecule has 33 heavy (non-hydrogen) atoms. The number of aromatic amines is 1. The lowest BCUT2D eigenvalue weighted by Gasteiger charge is -2.28. The molecule has 1 unspecified atom stereocenters. The number of amides is 1. The maximum absolute atomic E-state index is 13.0. The van der Waals surface area contributed by atoms with Gasteiger partial charge in [0.05, 0.1) is 18.4 Å². The minimum Gasteiger partial charge on any atom is -0.496 e. The Labute approximate surface area is 192 Å². The van der Waals surface area contributed by atoms with Crippen molar-refractivity contribution in [1.82, 2.24) is 24.8 Å². The third kappa shape index (κ3) is 4.39. The van der Waals surface area contributed by atoms with Gasteiger partial charge in [-0.15, -0.1) is 0 Å². The molecule has 3 aromatic rings. The van der Waals surface area contributed by atoms with E-state index >= 15 is 0 Å². The third-order valence-corrected chi connectivity index (χ3v) is 6.54. The molecule has 0 bridgehead atoms. The van der Waals surface area contributed by atoms with Gasteiger partial charge >= 0.3 is 0 Å². The lowest BCUT2D eigenvalue weighted by molar-refractivity contribution is 0.0790. The number of hydrogen-bond acceptors (Lipinski definition) is 6. The van der Waals surface area contributed by atoms with Crippen molar-refractivity contribution in [2.24, 2.45) is 0 Å². The highest BCUT2D eigenvalue weighted by Crippen LogP contribution is 2.27. The normalized spacial score (nSPS) is 18.2. The first-order valence-electron chi connectivity index (χ1n) is 11.3. The fourth-order valence-corrected chi connectivity index (χ4v) is 4.75. The summed E-state index contributed by atoms with van der Waals surface area (Å²) in [6.45, 7) is 3.33. The molecule has 4 heterocycles. The number of pyridine rings is 1. The Bertz CT molecular complexity index is 1210. The summed E-state index contributed by atoms with van der Waals surface area (Å²) in [5.74, 6) is 1.59. The Hall–Kier alpha value is -3.52. The molecule has 0 radical (unpaired) electrons. The van der Waals surface area contributed by atoms with Gasteiger partial charge in [-0.05, 0) is 24.6 Å². The number of fused-ring (bicyclic) bond motifs is 1. The summed E-state index contributed by atoms with van der Waals surface area (Å²) in [6, 6.07) is 11.4. The van der Waals surface area contributed by atoms with E-state index in [0.29, 0.717) is 31.0 Å². The van der Waals surface area contributed by atoms with E-state index in [9.17, 15) is 9.59 Å². The third-order valence-electron chi connectivity index (χ3n) is 6.54. The van der Waals surface area contributed by atoms with E-state index in [1.54, 1.807) is 31.6 Å². The molecule has 170 valence electrons. The zero-order valence-corrected chi connectivity index (χ0v) is 18.7. The van der Waals surface area contributed by atoms with Gasteiger partial charge in [0.1, 0.15) is 11.6 Å². The monoisotopic (exact) mass is 445 g/mol. The number of rotatable bonds is 5. The van der Waals surface area contributed by atoms with Crippen LogP contribution >= 0.6 is 0 Å². The molecular weight excluding hydrogens is 418 g/mol. The smallest absolute Gasteiger partial charge is 0.255 e. The molecule has 1 fully saturated rings. The number of nitrogens with one attached hydrogen (secondary N) is 1. The second-order valence-corrected chi connectivity index (χ2v) is 8.62. The van der Waals surface area contributed by atoms with Crippen LogP contribution in [-0.2, 0) is 19.5 Å². The van der Waals surface area contributed by atoms with E-state index in [-0.39, 0.29) is 17.4 Å². The van der Waals surface area contributed by atoms with Crippen molar-refractivity contribution in [3.8, 4) is 5.75 Å². The first kappa shape index (κ1) is 21.3. The second kappa shape index (κ2) is 9.15. The van der Waals surface area contributed by atoms with Crippen molar-refractivity contribution in [1.29, 1.82) is 0 Å². The number of nitrogens with zero attached hydrogens (tertiary/aromatic N) is 4. The molecule has 0 aliphatic carbocycles. The van der Waals surface area contributed by atoms with Crippen LogP contribution in [0.2, 0.25) is 0 Å². The van der Waals surface area contributed by atoms with Gasteiger partial charge in [-0.2, -0.15) is 0 Å². The van der Waals surface area contributed by atoms with Crippen molar-refractivity contribution >= 4 is 5.91 Å². The number of H-pyrrole nitrogens is 1. The van der Waals surface area contributed by atoms with Gasteiger partial charge in [-0.1, -0.05) is 18.2 Å². The van der Waals surface area contributed by atoms with E-state index < -0.39 is 0 Å². The summed E-state index contributed by atoms with van der Waals surface area (Å²) >= 11 is 0. The van der Waals surface area contributed by atoms with Crippen molar-refractivity contribution in [3.63, 3.8) is 0 Å². The van der Waals surface area contributed by atoms with Crippen molar-refractivity contribution in [2.75, 3.05) is 26.7 Å². The van der Waals surface area contributed by atoms with E-state index in [1.165, 1.54) is 0 Å². The number of para-hydroxylation sites is 1. The predicted molar refractivity (Wildman–Crippen MR) is 123 cm³/mol. The Balaban J connectivity index is 1.29. The molecule has 1 saturated heterocycles. The minimum atomic E-state index is -0.0707. The summed E-state index contributed by atoms with van der Waals surface area (Å²) in [4.78, 5) is 41.6. The second-order valence-electron chi connectivity index (χ2n) is 8.62. The molecule has 8 nitrogen and oxygen atoms in total. The molecule has 1 aromatic carbocycles. The van der Waals surface area contributed by atoms with Gasteiger partial charge in [-0.3, -0.25) is 19.5 Å². The van der Waals surface area contributed by atoms with Crippen LogP contribution in [0.25, 0.3) is 0 Å². The Morgan fingerprint density at radius 2 is 2.00 bits per heavy atom. The SMILES string of the molecule is COc1ccccc1CN1CCc2nc(C3CCN(C(=O)c4ccncc4)C3)[nH]c(=O)c2C1. The van der Waals surface area contributed by atoms with Gasteiger partial charge in [0.25, 0.3) is 11.5 Å². The van der Waals surface area contributed by atoms with Crippen LogP contribution in [0.3, 0.4) is 0 Å². The van der Waals surface area contributed by atoms with E-state index in [1.807, 2.05) is 23.1 Å². The number of ether oxygens (including phenoxy) is 1. The number of hydrogen-bond donors (Lipinski definition) is 1. The van der Waals surface area contributed by atoms with Crippen LogP contribution in [0.15, 0.2) is 53.6 Å². The predicted octanol–water partition coefficient (Wildman–Crippen LogP) is 2.36. The molecule has 0 spiro atoms. The number of carbonyl (C=O) groups is 1. The molecule has 1 N–H and O–H groups in total. The first-order chi connectivity index (χ1) is 16.1. The number of methoxy groups -OCH3 is 1. The zero-order chi connectivity index (χ0) is 22.8. The van der Waals surface area contributed by atoms with E-state index in [4.69, 9.17) is 9.72 Å². The van der Waals surface area contributed by atoms with Crippen LogP contribution < -0.4 is 10.3 Å². The van der Waals surface area contributed by atoms with E-state index in [0.717, 1.165) is 48.5 Å². The maximum Gasteiger partial charge on any atom is 0.255 e. The first-order valence-corrected chi connectivity index (χ1v) is 11.3. The van der Waals surface area contributed by atoms with Crippen molar-refractivity contribution < 1.29 is 9.53 Å². The van der Waals surface area contributed by atoms with Gasteiger partial charge in [0.2, 0.25) is 0 Å². The lowest BCUT2D eigenvalue weighted by atomic mass is 10.0. The number of carbonyl (C=O) groups excluding carboxylic acids is 1.